The van der Waals surface area contributed by atoms with Gasteiger partial charge in [-0.1, -0.05) is 0 Å². The van der Waals surface area contributed by atoms with Crippen molar-refractivity contribution in [2.24, 2.45) is 0 Å². The average Bonchev–Trinajstić information content (AvgIpc) is 3.05. The van der Waals surface area contributed by atoms with E-state index >= 15 is 0 Å². The van der Waals surface area contributed by atoms with Crippen LogP contribution in [-0.2, 0) is 10.9 Å². The third kappa shape index (κ3) is 6.54. The predicted molar refractivity (Wildman–Crippen MR) is 126 cm³/mol. The first kappa shape index (κ1) is 26.6. The molecule has 1 aliphatic heterocycles. The molecule has 188 valence electrons. The van der Waals surface area contributed by atoms with Crippen molar-refractivity contribution in [3.8, 4) is 0 Å². The van der Waals surface area contributed by atoms with Crippen molar-refractivity contribution < 1.29 is 22.7 Å². The van der Waals surface area contributed by atoms with Crippen molar-refractivity contribution in [2.45, 2.75) is 73.2 Å². The molecule has 1 fully saturated rings. The number of hydrogen-bond donors (Lipinski definition) is 1. The molecule has 1 saturated heterocycles. The molecule has 0 unspecified atom stereocenters. The Morgan fingerprint density at radius 3 is 2.32 bits per heavy atom. The number of anilines is 2. The minimum atomic E-state index is -4.48. The number of carbonyl (C=O) groups excluding carboxylic acids is 1. The first-order chi connectivity index (χ1) is 15.5. The Balaban J connectivity index is 1.72. The van der Waals surface area contributed by atoms with Crippen molar-refractivity contribution in [3.63, 3.8) is 0 Å². The van der Waals surface area contributed by atoms with Crippen LogP contribution in [0.5, 0.6) is 0 Å². The summed E-state index contributed by atoms with van der Waals surface area (Å²) in [6.45, 7) is 8.46. The van der Waals surface area contributed by atoms with E-state index in [1.165, 1.54) is 0 Å². The molecular formula is C22H33F3N6O2Sn. The number of nitrogens with one attached hydrogen (secondary N) is 1. The van der Waals surface area contributed by atoms with Gasteiger partial charge in [0.05, 0.1) is 0 Å². The summed E-state index contributed by atoms with van der Waals surface area (Å²) in [5.74, 6) is 0.136. The van der Waals surface area contributed by atoms with Gasteiger partial charge >= 0.3 is 166 Å². The maximum absolute atomic E-state index is 13.5. The first-order valence-corrected chi connectivity index (χ1v) is 21.3. The number of aromatic nitrogens is 4. The zero-order valence-corrected chi connectivity index (χ0v) is 23.6. The number of amides is 1. The van der Waals surface area contributed by atoms with Crippen molar-refractivity contribution in [3.05, 3.63) is 23.7 Å². The summed E-state index contributed by atoms with van der Waals surface area (Å²) in [5.41, 5.74) is 0.0544. The molecule has 8 nitrogen and oxygen atoms in total. The molecule has 1 aliphatic rings. The number of carbonyl (C=O) groups is 1. The Bertz CT molecular complexity index is 1030. The Kier molecular flexibility index (Phi) is 7.45. The fraction of sp³-hybridized carbons (Fsp3) is 0.636. The summed E-state index contributed by atoms with van der Waals surface area (Å²) in [7, 11) is 0. The average molecular weight is 589 g/mol. The molecule has 1 amide bonds. The Morgan fingerprint density at radius 2 is 1.79 bits per heavy atom. The zero-order valence-electron chi connectivity index (χ0n) is 20.7. The van der Waals surface area contributed by atoms with Crippen LogP contribution in [0.4, 0.5) is 29.6 Å². The Morgan fingerprint density at radius 1 is 1.18 bits per heavy atom. The topological polar surface area (TPSA) is 85.2 Å². The van der Waals surface area contributed by atoms with E-state index in [-0.39, 0.29) is 21.8 Å². The molecule has 0 atom stereocenters. The van der Waals surface area contributed by atoms with Gasteiger partial charge in [-0.25, -0.2) is 4.79 Å². The number of piperidine rings is 1. The second-order valence-electron chi connectivity index (χ2n) is 10.6. The number of aryl methyl sites for hydroxylation is 1. The third-order valence-corrected chi connectivity index (χ3v) is 10.6. The van der Waals surface area contributed by atoms with Crippen LogP contribution in [0.15, 0.2) is 12.4 Å². The standard InChI is InChI=1S/C19H24F3N6O2.3CH3.Sn/c1-12-15(25-16-23-9-13(10-24-16)19(20,21)22)11-28(26-12)14-5-7-27(8-6-14)17(29)30-18(2,3)4;;;;/h9,11,14H,5-8H2,1-4H3,(H,23,24,25);3*1H3;. The van der Waals surface area contributed by atoms with E-state index in [1.807, 2.05) is 53.4 Å². The fourth-order valence-corrected chi connectivity index (χ4v) is 7.93. The van der Waals surface area contributed by atoms with Crippen LogP contribution in [0.1, 0.15) is 50.9 Å². The molecule has 12 heteroatoms. The SMILES string of the molecule is Cc1nn(C2CCN(C(=O)OC(C)(C)C)CC2)cc1Nc1ncc(C(F)(F)F)[c]([Sn]([CH3])([CH3])[CH3])n1. The van der Waals surface area contributed by atoms with Crippen LogP contribution in [0.25, 0.3) is 0 Å². The van der Waals surface area contributed by atoms with Gasteiger partial charge in [-0.2, -0.15) is 0 Å². The molecule has 0 aliphatic carbocycles. The molecule has 3 heterocycles. The van der Waals surface area contributed by atoms with E-state index in [4.69, 9.17) is 4.74 Å². The molecule has 34 heavy (non-hydrogen) atoms. The summed E-state index contributed by atoms with van der Waals surface area (Å²) in [4.78, 5) is 27.9. The summed E-state index contributed by atoms with van der Waals surface area (Å²) in [5, 5.41) is 7.64. The van der Waals surface area contributed by atoms with E-state index in [9.17, 15) is 18.0 Å². The van der Waals surface area contributed by atoms with Crippen molar-refractivity contribution in [2.75, 3.05) is 18.4 Å². The third-order valence-electron chi connectivity index (χ3n) is 5.46. The van der Waals surface area contributed by atoms with Gasteiger partial charge in [0.15, 0.2) is 0 Å². The van der Waals surface area contributed by atoms with Gasteiger partial charge in [-0.05, 0) is 20.8 Å². The van der Waals surface area contributed by atoms with E-state index in [0.717, 1.165) is 19.0 Å². The minimum absolute atomic E-state index is 0.0998. The van der Waals surface area contributed by atoms with Crippen LogP contribution in [0, 0.1) is 6.92 Å². The van der Waals surface area contributed by atoms with Gasteiger partial charge in [-0.15, -0.1) is 0 Å². The van der Waals surface area contributed by atoms with Gasteiger partial charge in [0.1, 0.15) is 5.60 Å². The Labute approximate surface area is 202 Å². The number of hydrogen-bond acceptors (Lipinski definition) is 6. The fourth-order valence-electron chi connectivity index (χ4n) is 3.77. The van der Waals surface area contributed by atoms with Crippen molar-refractivity contribution in [1.29, 1.82) is 0 Å². The normalized spacial score (nSPS) is 16.0. The monoisotopic (exact) mass is 590 g/mol. The number of nitrogens with zero attached hydrogens (tertiary/aromatic N) is 5. The second kappa shape index (κ2) is 9.54. The summed E-state index contributed by atoms with van der Waals surface area (Å²) in [6.07, 6.45) is -0.654. The van der Waals surface area contributed by atoms with Gasteiger partial charge < -0.3 is 4.74 Å². The summed E-state index contributed by atoms with van der Waals surface area (Å²) in [6, 6.07) is 0.0998. The molecule has 2 aromatic rings. The molecular weight excluding hydrogens is 556 g/mol. The molecule has 0 spiro atoms. The molecule has 0 bridgehead atoms. The van der Waals surface area contributed by atoms with Crippen LogP contribution in [0.3, 0.4) is 0 Å². The van der Waals surface area contributed by atoms with E-state index in [0.29, 0.717) is 24.5 Å². The van der Waals surface area contributed by atoms with Crippen LogP contribution in [0.2, 0.25) is 14.8 Å². The van der Waals surface area contributed by atoms with Crippen molar-refractivity contribution in [1.82, 2.24) is 24.6 Å². The maximum atomic E-state index is 13.5. The van der Waals surface area contributed by atoms with Crippen molar-refractivity contribution >= 4 is 39.8 Å². The van der Waals surface area contributed by atoms with E-state index in [1.54, 1.807) is 4.90 Å². The van der Waals surface area contributed by atoms with E-state index < -0.39 is 35.7 Å². The molecule has 1 N–H and O–H groups in total. The molecule has 0 saturated carbocycles. The Hall–Kier alpha value is -2.05. The molecule has 3 rings (SSSR count). The number of rotatable bonds is 4. The first-order valence-electron chi connectivity index (χ1n) is 11.3. The van der Waals surface area contributed by atoms with Gasteiger partial charge in [0, 0.05) is 0 Å². The number of ether oxygens (including phenoxy) is 1. The zero-order chi connectivity index (χ0) is 25.5. The van der Waals surface area contributed by atoms with Gasteiger partial charge in [0.25, 0.3) is 0 Å². The predicted octanol–water partition coefficient (Wildman–Crippen LogP) is 4.86. The van der Waals surface area contributed by atoms with Gasteiger partial charge in [-0.3, -0.25) is 0 Å². The van der Waals surface area contributed by atoms with Crippen LogP contribution >= 0.6 is 0 Å². The second-order valence-corrected chi connectivity index (χ2v) is 24.8. The van der Waals surface area contributed by atoms with E-state index in [2.05, 4.69) is 20.4 Å². The number of likely N-dealkylation sites (tertiary alicyclic amines) is 1. The molecule has 2 aromatic heterocycles. The van der Waals surface area contributed by atoms with Crippen LogP contribution in [-0.4, -0.2) is 67.8 Å². The quantitative estimate of drug-likeness (QED) is 0.514. The summed E-state index contributed by atoms with van der Waals surface area (Å²) < 4.78 is 47.8. The summed E-state index contributed by atoms with van der Waals surface area (Å²) >= 11 is -3.18. The van der Waals surface area contributed by atoms with Gasteiger partial charge in [0.2, 0.25) is 0 Å². The molecule has 0 aromatic carbocycles. The van der Waals surface area contributed by atoms with Crippen LogP contribution < -0.4 is 9.03 Å². The number of alkyl halides is 3. The molecule has 0 radical (unpaired) electrons. The number of halogens is 3.